The lowest BCUT2D eigenvalue weighted by molar-refractivity contribution is 0.235. The van der Waals surface area contributed by atoms with Crippen LogP contribution in [0.25, 0.3) is 0 Å². The van der Waals surface area contributed by atoms with Gasteiger partial charge in [0.05, 0.1) is 11.2 Å². The molecule has 0 radical (unpaired) electrons. The highest BCUT2D eigenvalue weighted by atomic mass is 32.1. The molecule has 2 heterocycles. The third-order valence-corrected chi connectivity index (χ3v) is 5.83. The van der Waals surface area contributed by atoms with E-state index in [-0.39, 0.29) is 5.54 Å². The highest BCUT2D eigenvalue weighted by molar-refractivity contribution is 7.09. The molecular formula is C17H29N3S. The maximum Gasteiger partial charge on any atom is 0.114 e. The normalized spacial score (nSPS) is 30.7. The van der Waals surface area contributed by atoms with Gasteiger partial charge in [0.2, 0.25) is 0 Å². The molecule has 2 unspecified atom stereocenters. The Morgan fingerprint density at radius 2 is 2.05 bits per heavy atom. The molecule has 1 saturated heterocycles. The molecule has 0 bridgehead atoms. The monoisotopic (exact) mass is 307 g/mol. The molecule has 1 saturated carbocycles. The highest BCUT2D eigenvalue weighted by Gasteiger charge is 2.49. The van der Waals surface area contributed by atoms with Crippen LogP contribution in [0.15, 0.2) is 5.38 Å². The Morgan fingerprint density at radius 1 is 1.33 bits per heavy atom. The van der Waals surface area contributed by atoms with Gasteiger partial charge in [0.15, 0.2) is 0 Å². The summed E-state index contributed by atoms with van der Waals surface area (Å²) < 4.78 is 0. The van der Waals surface area contributed by atoms with Crippen molar-refractivity contribution in [1.82, 2.24) is 15.2 Å². The number of hydrogen-bond acceptors (Lipinski definition) is 4. The minimum Gasteiger partial charge on any atom is -0.302 e. The first-order valence-electron chi connectivity index (χ1n) is 8.40. The molecular weight excluding hydrogens is 278 g/mol. The fourth-order valence-electron chi connectivity index (χ4n) is 3.69. The Morgan fingerprint density at radius 3 is 2.57 bits per heavy atom. The maximum atomic E-state index is 4.99. The third-order valence-electron chi connectivity index (χ3n) is 4.77. The summed E-state index contributed by atoms with van der Waals surface area (Å²) in [6, 6.07) is 1.98. The fourth-order valence-corrected chi connectivity index (χ4v) is 4.84. The Labute approximate surface area is 133 Å². The van der Waals surface area contributed by atoms with E-state index >= 15 is 0 Å². The second-order valence-electron chi connectivity index (χ2n) is 7.57. The number of aromatic nitrogens is 1. The van der Waals surface area contributed by atoms with E-state index in [9.17, 15) is 0 Å². The number of nitrogens with one attached hydrogen (secondary N) is 1. The van der Waals surface area contributed by atoms with Gasteiger partial charge in [-0.2, -0.15) is 0 Å². The van der Waals surface area contributed by atoms with Gasteiger partial charge in [0, 0.05) is 30.1 Å². The summed E-state index contributed by atoms with van der Waals surface area (Å²) in [7, 11) is 0. The summed E-state index contributed by atoms with van der Waals surface area (Å²) in [5.74, 6) is 0.518. The smallest absolute Gasteiger partial charge is 0.114 e. The van der Waals surface area contributed by atoms with Crippen LogP contribution >= 0.6 is 11.3 Å². The van der Waals surface area contributed by atoms with Crippen molar-refractivity contribution in [2.75, 3.05) is 6.54 Å². The molecule has 3 rings (SSSR count). The van der Waals surface area contributed by atoms with E-state index in [1.54, 1.807) is 0 Å². The zero-order chi connectivity index (χ0) is 15.2. The minimum atomic E-state index is 0.0635. The second-order valence-corrected chi connectivity index (χ2v) is 8.43. The number of rotatable bonds is 5. The molecule has 1 aliphatic carbocycles. The van der Waals surface area contributed by atoms with Gasteiger partial charge in [-0.1, -0.05) is 13.8 Å². The molecule has 0 amide bonds. The van der Waals surface area contributed by atoms with Gasteiger partial charge in [0.25, 0.3) is 0 Å². The van der Waals surface area contributed by atoms with E-state index in [4.69, 9.17) is 4.98 Å². The molecule has 2 atom stereocenters. The standard InChI is InChI=1S/C17H29N3S/c1-11(2)15-9-21-16(18-15)17(19-12(3)4)8-13(5)20(10-17)14-6-7-14/h9,11-14,19H,6-8,10H2,1-5H3. The number of thiazole rings is 1. The Kier molecular flexibility index (Phi) is 4.15. The largest absolute Gasteiger partial charge is 0.302 e. The predicted molar refractivity (Wildman–Crippen MR) is 90.0 cm³/mol. The van der Waals surface area contributed by atoms with Crippen molar-refractivity contribution < 1.29 is 0 Å². The van der Waals surface area contributed by atoms with Crippen LogP contribution in [0, 0.1) is 0 Å². The Balaban J connectivity index is 1.89. The van der Waals surface area contributed by atoms with E-state index in [1.165, 1.54) is 30.0 Å². The molecule has 118 valence electrons. The molecule has 21 heavy (non-hydrogen) atoms. The fraction of sp³-hybridized carbons (Fsp3) is 0.824. The summed E-state index contributed by atoms with van der Waals surface area (Å²) in [4.78, 5) is 7.71. The van der Waals surface area contributed by atoms with Gasteiger partial charge in [-0.05, 0) is 46.0 Å². The molecule has 2 aliphatic rings. The van der Waals surface area contributed by atoms with Crippen LogP contribution in [0.3, 0.4) is 0 Å². The first-order valence-corrected chi connectivity index (χ1v) is 9.28. The van der Waals surface area contributed by atoms with Gasteiger partial charge in [-0.25, -0.2) is 4.98 Å². The molecule has 2 fully saturated rings. The van der Waals surface area contributed by atoms with Crippen LogP contribution in [0.4, 0.5) is 0 Å². The number of hydrogen-bond donors (Lipinski definition) is 1. The number of nitrogens with zero attached hydrogens (tertiary/aromatic N) is 2. The Hall–Kier alpha value is -0.450. The van der Waals surface area contributed by atoms with Crippen molar-refractivity contribution >= 4 is 11.3 Å². The van der Waals surface area contributed by atoms with Gasteiger partial charge < -0.3 is 5.32 Å². The summed E-state index contributed by atoms with van der Waals surface area (Å²) in [5.41, 5.74) is 1.31. The van der Waals surface area contributed by atoms with Crippen LogP contribution in [0.1, 0.15) is 70.5 Å². The molecule has 1 aromatic heterocycles. The summed E-state index contributed by atoms with van der Waals surface area (Å²) >= 11 is 1.85. The van der Waals surface area contributed by atoms with Crippen LogP contribution in [-0.2, 0) is 5.54 Å². The molecule has 4 heteroatoms. The van der Waals surface area contributed by atoms with Crippen LogP contribution < -0.4 is 5.32 Å². The van der Waals surface area contributed by atoms with Gasteiger partial charge in [-0.15, -0.1) is 11.3 Å². The van der Waals surface area contributed by atoms with Crippen LogP contribution in [0.5, 0.6) is 0 Å². The lowest BCUT2D eigenvalue weighted by atomic mass is 9.95. The zero-order valence-corrected chi connectivity index (χ0v) is 14.8. The predicted octanol–water partition coefficient (Wildman–Crippen LogP) is 3.72. The lowest BCUT2D eigenvalue weighted by Crippen LogP contribution is -2.48. The first kappa shape index (κ1) is 15.4. The van der Waals surface area contributed by atoms with Crippen LogP contribution in [-0.4, -0.2) is 34.6 Å². The molecule has 3 nitrogen and oxygen atoms in total. The topological polar surface area (TPSA) is 28.2 Å². The summed E-state index contributed by atoms with van der Waals surface area (Å²) in [6.07, 6.45) is 3.96. The van der Waals surface area contributed by atoms with Gasteiger partial charge in [-0.3, -0.25) is 4.90 Å². The summed E-state index contributed by atoms with van der Waals surface area (Å²) in [5, 5.41) is 7.43. The van der Waals surface area contributed by atoms with Crippen molar-refractivity contribution in [2.24, 2.45) is 0 Å². The zero-order valence-electron chi connectivity index (χ0n) is 14.0. The van der Waals surface area contributed by atoms with Crippen LogP contribution in [0.2, 0.25) is 0 Å². The second kappa shape index (κ2) is 5.64. The van der Waals surface area contributed by atoms with Crippen molar-refractivity contribution in [3.63, 3.8) is 0 Å². The van der Waals surface area contributed by atoms with Crippen molar-refractivity contribution in [3.8, 4) is 0 Å². The average Bonchev–Trinajstić information content (AvgIpc) is 2.98. The van der Waals surface area contributed by atoms with Gasteiger partial charge in [0.1, 0.15) is 5.01 Å². The Bertz CT molecular complexity index is 492. The quantitative estimate of drug-likeness (QED) is 0.898. The lowest BCUT2D eigenvalue weighted by Gasteiger charge is -2.31. The SMILES string of the molecule is CC(C)NC1(c2nc(C(C)C)cs2)CC(C)N(C2CC2)C1. The maximum absolute atomic E-state index is 4.99. The molecule has 0 aromatic carbocycles. The van der Waals surface area contributed by atoms with E-state index in [0.717, 1.165) is 12.6 Å². The molecule has 0 spiro atoms. The third kappa shape index (κ3) is 3.03. The van der Waals surface area contributed by atoms with E-state index in [0.29, 0.717) is 18.0 Å². The van der Waals surface area contributed by atoms with Crippen molar-refractivity contribution in [3.05, 3.63) is 16.1 Å². The average molecular weight is 308 g/mol. The van der Waals surface area contributed by atoms with Gasteiger partial charge >= 0.3 is 0 Å². The van der Waals surface area contributed by atoms with E-state index < -0.39 is 0 Å². The van der Waals surface area contributed by atoms with Crippen molar-refractivity contribution in [1.29, 1.82) is 0 Å². The molecule has 1 aromatic rings. The molecule has 1 N–H and O–H groups in total. The number of likely N-dealkylation sites (tertiary alicyclic amines) is 1. The first-order chi connectivity index (χ1) is 9.91. The van der Waals surface area contributed by atoms with E-state index in [2.05, 4.69) is 50.2 Å². The highest BCUT2D eigenvalue weighted by Crippen LogP contribution is 2.43. The van der Waals surface area contributed by atoms with E-state index in [1.807, 2.05) is 11.3 Å². The van der Waals surface area contributed by atoms with Crippen molar-refractivity contribution in [2.45, 2.75) is 83.5 Å². The summed E-state index contributed by atoms with van der Waals surface area (Å²) in [6.45, 7) is 12.5. The minimum absolute atomic E-state index is 0.0635. The molecule has 1 aliphatic heterocycles.